The van der Waals surface area contributed by atoms with E-state index in [2.05, 4.69) is 26.1 Å². The van der Waals surface area contributed by atoms with Crippen molar-refractivity contribution in [2.75, 3.05) is 6.54 Å². The summed E-state index contributed by atoms with van der Waals surface area (Å²) in [5.74, 6) is 1.55. The molecule has 1 aromatic rings. The van der Waals surface area contributed by atoms with Crippen LogP contribution in [0.2, 0.25) is 0 Å². The van der Waals surface area contributed by atoms with Gasteiger partial charge in [0, 0.05) is 6.04 Å². The van der Waals surface area contributed by atoms with Gasteiger partial charge in [-0.05, 0) is 62.3 Å². The van der Waals surface area contributed by atoms with Gasteiger partial charge in [0.1, 0.15) is 0 Å². The molecule has 118 valence electrons. The lowest BCUT2D eigenvalue weighted by atomic mass is 9.80. The average Bonchev–Trinajstić information content (AvgIpc) is 2.45. The van der Waals surface area contributed by atoms with E-state index in [0.717, 1.165) is 30.9 Å². The molecule has 4 atom stereocenters. The maximum Gasteiger partial charge on any atom is 0.165 e. The summed E-state index contributed by atoms with van der Waals surface area (Å²) < 4.78 is 20.1. The second kappa shape index (κ2) is 7.26. The third-order valence-electron chi connectivity index (χ3n) is 4.81. The van der Waals surface area contributed by atoms with Crippen molar-refractivity contribution >= 4 is 0 Å². The Bertz CT molecular complexity index is 463. The summed E-state index contributed by atoms with van der Waals surface area (Å²) in [6, 6.07) is 5.49. The molecule has 21 heavy (non-hydrogen) atoms. The fourth-order valence-electron chi connectivity index (χ4n) is 3.09. The second-order valence-electron chi connectivity index (χ2n) is 6.48. The van der Waals surface area contributed by atoms with Gasteiger partial charge in [-0.1, -0.05) is 26.8 Å². The number of nitrogens with one attached hydrogen (secondary N) is 1. The molecule has 2 rings (SSSR count). The number of hydrogen-bond acceptors (Lipinski definition) is 2. The molecule has 1 fully saturated rings. The van der Waals surface area contributed by atoms with Crippen LogP contribution in [0, 0.1) is 17.7 Å². The molecule has 2 nitrogen and oxygen atoms in total. The van der Waals surface area contributed by atoms with Crippen LogP contribution in [-0.2, 0) is 0 Å². The maximum atomic E-state index is 14.2. The van der Waals surface area contributed by atoms with Crippen LogP contribution in [0.3, 0.4) is 0 Å². The summed E-state index contributed by atoms with van der Waals surface area (Å²) in [7, 11) is 0. The first-order valence-electron chi connectivity index (χ1n) is 8.20. The van der Waals surface area contributed by atoms with Crippen molar-refractivity contribution in [1.82, 2.24) is 5.32 Å². The Morgan fingerprint density at radius 1 is 1.29 bits per heavy atom. The molecule has 1 aromatic carbocycles. The molecule has 1 N–H and O–H groups in total. The fraction of sp³-hybridized carbons (Fsp3) is 0.667. The third-order valence-corrected chi connectivity index (χ3v) is 4.81. The van der Waals surface area contributed by atoms with Gasteiger partial charge >= 0.3 is 0 Å². The molecule has 0 radical (unpaired) electrons. The Labute approximate surface area is 128 Å². The zero-order valence-electron chi connectivity index (χ0n) is 13.7. The van der Waals surface area contributed by atoms with Crippen molar-refractivity contribution < 1.29 is 9.13 Å². The molecule has 1 saturated carbocycles. The summed E-state index contributed by atoms with van der Waals surface area (Å²) in [5.41, 5.74) is 0.965. The van der Waals surface area contributed by atoms with Gasteiger partial charge < -0.3 is 10.1 Å². The molecule has 0 saturated heterocycles. The average molecular weight is 293 g/mol. The smallest absolute Gasteiger partial charge is 0.165 e. The van der Waals surface area contributed by atoms with Gasteiger partial charge in [-0.25, -0.2) is 4.39 Å². The van der Waals surface area contributed by atoms with Crippen LogP contribution < -0.4 is 10.1 Å². The van der Waals surface area contributed by atoms with Crippen LogP contribution >= 0.6 is 0 Å². The Morgan fingerprint density at radius 2 is 2.05 bits per heavy atom. The van der Waals surface area contributed by atoms with E-state index in [9.17, 15) is 4.39 Å². The van der Waals surface area contributed by atoms with E-state index in [4.69, 9.17) is 4.74 Å². The van der Waals surface area contributed by atoms with Crippen molar-refractivity contribution in [3.63, 3.8) is 0 Å². The lowest BCUT2D eigenvalue weighted by Gasteiger charge is -2.32. The summed E-state index contributed by atoms with van der Waals surface area (Å²) in [4.78, 5) is 0. The monoisotopic (exact) mass is 293 g/mol. The third kappa shape index (κ3) is 4.19. The maximum absolute atomic E-state index is 14.2. The first-order chi connectivity index (χ1) is 10.0. The topological polar surface area (TPSA) is 21.3 Å². The van der Waals surface area contributed by atoms with Crippen LogP contribution in [-0.4, -0.2) is 12.6 Å². The molecule has 1 aliphatic rings. The lowest BCUT2D eigenvalue weighted by Crippen LogP contribution is -2.29. The van der Waals surface area contributed by atoms with Gasteiger partial charge in [-0.2, -0.15) is 0 Å². The van der Waals surface area contributed by atoms with Crippen LogP contribution in [0.25, 0.3) is 0 Å². The van der Waals surface area contributed by atoms with Crippen LogP contribution in [0.15, 0.2) is 18.2 Å². The Hall–Kier alpha value is -1.09. The quantitative estimate of drug-likeness (QED) is 0.849. The van der Waals surface area contributed by atoms with Crippen LogP contribution in [0.5, 0.6) is 5.75 Å². The van der Waals surface area contributed by atoms with E-state index in [0.29, 0.717) is 11.7 Å². The van der Waals surface area contributed by atoms with Gasteiger partial charge in [0.05, 0.1) is 6.10 Å². The molecular weight excluding hydrogens is 265 g/mol. The highest BCUT2D eigenvalue weighted by atomic mass is 19.1. The molecule has 0 amide bonds. The minimum atomic E-state index is -0.247. The largest absolute Gasteiger partial charge is 0.487 e. The summed E-state index contributed by atoms with van der Waals surface area (Å²) in [6.45, 7) is 9.52. The Balaban J connectivity index is 2.01. The second-order valence-corrected chi connectivity index (χ2v) is 6.48. The normalized spacial score (nSPS) is 27.4. The molecule has 0 aromatic heterocycles. The summed E-state index contributed by atoms with van der Waals surface area (Å²) in [5, 5.41) is 3.29. The molecule has 3 heteroatoms. The van der Waals surface area contributed by atoms with Crippen molar-refractivity contribution in [3.05, 3.63) is 29.6 Å². The lowest BCUT2D eigenvalue weighted by molar-refractivity contribution is 0.0967. The Morgan fingerprint density at radius 3 is 2.67 bits per heavy atom. The fourth-order valence-corrected chi connectivity index (χ4v) is 3.09. The minimum Gasteiger partial charge on any atom is -0.487 e. The molecule has 0 bridgehead atoms. The highest BCUT2D eigenvalue weighted by molar-refractivity contribution is 5.31. The summed E-state index contributed by atoms with van der Waals surface area (Å²) >= 11 is 0. The van der Waals surface area contributed by atoms with Crippen LogP contribution in [0.1, 0.15) is 58.6 Å². The first-order valence-corrected chi connectivity index (χ1v) is 8.20. The molecule has 0 spiro atoms. The van der Waals surface area contributed by atoms with Crippen LogP contribution in [0.4, 0.5) is 4.39 Å². The van der Waals surface area contributed by atoms with E-state index in [-0.39, 0.29) is 18.0 Å². The van der Waals surface area contributed by atoms with Crippen molar-refractivity contribution in [2.24, 2.45) is 11.8 Å². The van der Waals surface area contributed by atoms with Gasteiger partial charge in [0.15, 0.2) is 11.6 Å². The zero-order chi connectivity index (χ0) is 15.4. The number of ether oxygens (including phenoxy) is 1. The van der Waals surface area contributed by atoms with E-state index in [1.807, 2.05) is 13.0 Å². The van der Waals surface area contributed by atoms with Gasteiger partial charge in [-0.3, -0.25) is 0 Å². The van der Waals surface area contributed by atoms with E-state index < -0.39 is 0 Å². The van der Waals surface area contributed by atoms with Gasteiger partial charge in [-0.15, -0.1) is 0 Å². The molecule has 1 aliphatic carbocycles. The molecular formula is C18H28FNO. The van der Waals surface area contributed by atoms with E-state index >= 15 is 0 Å². The predicted octanol–water partition coefficient (Wildman–Crippen LogP) is 4.70. The van der Waals surface area contributed by atoms with Crippen molar-refractivity contribution in [1.29, 1.82) is 0 Å². The van der Waals surface area contributed by atoms with Gasteiger partial charge in [0.2, 0.25) is 0 Å². The Kier molecular flexibility index (Phi) is 5.63. The minimum absolute atomic E-state index is 0.155. The number of halogens is 1. The predicted molar refractivity (Wildman–Crippen MR) is 85.1 cm³/mol. The van der Waals surface area contributed by atoms with Crippen molar-refractivity contribution in [3.8, 4) is 5.75 Å². The van der Waals surface area contributed by atoms with E-state index in [1.165, 1.54) is 6.42 Å². The standard InChI is InChI=1S/C18H28FNO/c1-5-20-14(4)15-7-9-18(17(19)11-15)21-16-8-6-12(2)13(3)10-16/h7,9,11-14,16,20H,5-6,8,10H2,1-4H3. The SMILES string of the molecule is CCNC(C)c1ccc(OC2CCC(C)C(C)C2)c(F)c1. The van der Waals surface area contributed by atoms with Gasteiger partial charge in [0.25, 0.3) is 0 Å². The number of rotatable bonds is 5. The molecule has 0 heterocycles. The molecule has 0 aliphatic heterocycles. The first kappa shape index (κ1) is 16.3. The summed E-state index contributed by atoms with van der Waals surface area (Å²) in [6.07, 6.45) is 3.38. The van der Waals surface area contributed by atoms with E-state index in [1.54, 1.807) is 12.1 Å². The number of benzene rings is 1. The highest BCUT2D eigenvalue weighted by Crippen LogP contribution is 2.33. The highest BCUT2D eigenvalue weighted by Gasteiger charge is 2.26. The van der Waals surface area contributed by atoms with Crippen molar-refractivity contribution in [2.45, 2.75) is 59.1 Å². The molecule has 4 unspecified atom stereocenters. The number of hydrogen-bond donors (Lipinski definition) is 1. The zero-order valence-corrected chi connectivity index (χ0v) is 13.7.